The molecule has 0 saturated carbocycles. The molecule has 0 amide bonds. The molecule has 78 valence electrons. The first-order valence-corrected chi connectivity index (χ1v) is 5.15. The second-order valence-electron chi connectivity index (χ2n) is 4.06. The summed E-state index contributed by atoms with van der Waals surface area (Å²) < 4.78 is 5.32. The van der Waals surface area contributed by atoms with Gasteiger partial charge in [0.15, 0.2) is 0 Å². The molecule has 0 aromatic heterocycles. The van der Waals surface area contributed by atoms with Crippen molar-refractivity contribution in [2.75, 3.05) is 19.8 Å². The van der Waals surface area contributed by atoms with E-state index >= 15 is 0 Å². The lowest BCUT2D eigenvalue weighted by molar-refractivity contribution is -0.137. The highest BCUT2D eigenvalue weighted by Crippen LogP contribution is 2.34. The summed E-state index contributed by atoms with van der Waals surface area (Å²) >= 11 is 0. The monoisotopic (exact) mass is 187 g/mol. The molecule has 1 fully saturated rings. The number of nitrogens with two attached hydrogens (primary N) is 1. The van der Waals surface area contributed by atoms with Crippen molar-refractivity contribution in [3.63, 3.8) is 0 Å². The van der Waals surface area contributed by atoms with E-state index in [2.05, 4.69) is 6.92 Å². The third-order valence-corrected chi connectivity index (χ3v) is 3.35. The maximum absolute atomic E-state index is 10.4. The van der Waals surface area contributed by atoms with Crippen LogP contribution in [0.25, 0.3) is 0 Å². The zero-order chi connectivity index (χ0) is 9.90. The average molecular weight is 187 g/mol. The molecular formula is C10H21NO2. The standard InChI is InChI=1S/C10H21NO2/c1-3-9(6-11)10(12)4-5-13-7-8(10)2/h8-9,12H,3-7,11H2,1-2H3. The molecule has 13 heavy (non-hydrogen) atoms. The van der Waals surface area contributed by atoms with E-state index in [1.165, 1.54) is 0 Å². The van der Waals surface area contributed by atoms with Crippen molar-refractivity contribution in [1.82, 2.24) is 0 Å². The number of rotatable bonds is 3. The van der Waals surface area contributed by atoms with Crippen LogP contribution < -0.4 is 5.73 Å². The fourth-order valence-electron chi connectivity index (χ4n) is 2.22. The first kappa shape index (κ1) is 11.0. The third kappa shape index (κ3) is 2.03. The van der Waals surface area contributed by atoms with Crippen LogP contribution in [0.5, 0.6) is 0 Å². The number of hydrogen-bond donors (Lipinski definition) is 2. The summed E-state index contributed by atoms with van der Waals surface area (Å²) in [5.41, 5.74) is 5.07. The van der Waals surface area contributed by atoms with Crippen molar-refractivity contribution in [1.29, 1.82) is 0 Å². The minimum absolute atomic E-state index is 0.203. The topological polar surface area (TPSA) is 55.5 Å². The second-order valence-corrected chi connectivity index (χ2v) is 4.06. The molecule has 1 saturated heterocycles. The summed E-state index contributed by atoms with van der Waals surface area (Å²) in [7, 11) is 0. The Morgan fingerprint density at radius 3 is 2.85 bits per heavy atom. The molecule has 3 unspecified atom stereocenters. The zero-order valence-electron chi connectivity index (χ0n) is 8.62. The van der Waals surface area contributed by atoms with Gasteiger partial charge in [0, 0.05) is 24.9 Å². The molecule has 3 heteroatoms. The normalized spacial score (nSPS) is 37.4. The van der Waals surface area contributed by atoms with Crippen LogP contribution in [0, 0.1) is 11.8 Å². The van der Waals surface area contributed by atoms with Gasteiger partial charge in [-0.25, -0.2) is 0 Å². The van der Waals surface area contributed by atoms with Crippen LogP contribution in [-0.2, 0) is 4.74 Å². The maximum Gasteiger partial charge on any atom is 0.0756 e. The molecular weight excluding hydrogens is 166 g/mol. The van der Waals surface area contributed by atoms with E-state index in [1.54, 1.807) is 0 Å². The molecule has 0 aliphatic carbocycles. The van der Waals surface area contributed by atoms with Gasteiger partial charge in [0.1, 0.15) is 0 Å². The molecule has 1 heterocycles. The van der Waals surface area contributed by atoms with E-state index in [-0.39, 0.29) is 11.8 Å². The Balaban J connectivity index is 2.69. The molecule has 0 spiro atoms. The second kappa shape index (κ2) is 4.40. The molecule has 3 nitrogen and oxygen atoms in total. The van der Waals surface area contributed by atoms with E-state index in [0.717, 1.165) is 12.8 Å². The first-order chi connectivity index (χ1) is 6.15. The highest BCUT2D eigenvalue weighted by molar-refractivity contribution is 4.92. The lowest BCUT2D eigenvalue weighted by Crippen LogP contribution is -2.51. The third-order valence-electron chi connectivity index (χ3n) is 3.35. The smallest absolute Gasteiger partial charge is 0.0756 e. The fraction of sp³-hybridized carbons (Fsp3) is 1.00. The van der Waals surface area contributed by atoms with E-state index in [9.17, 15) is 5.11 Å². The molecule has 0 aromatic carbocycles. The van der Waals surface area contributed by atoms with Crippen molar-refractivity contribution in [2.45, 2.75) is 32.3 Å². The average Bonchev–Trinajstić information content (AvgIpc) is 2.12. The fourth-order valence-corrected chi connectivity index (χ4v) is 2.22. The van der Waals surface area contributed by atoms with Crippen molar-refractivity contribution in [3.05, 3.63) is 0 Å². The Morgan fingerprint density at radius 1 is 1.69 bits per heavy atom. The predicted octanol–water partition coefficient (Wildman–Crippen LogP) is 0.759. The van der Waals surface area contributed by atoms with Crippen molar-refractivity contribution < 1.29 is 9.84 Å². The van der Waals surface area contributed by atoms with Gasteiger partial charge in [0.05, 0.1) is 12.2 Å². The Hall–Kier alpha value is -0.120. The van der Waals surface area contributed by atoms with E-state index in [4.69, 9.17) is 10.5 Å². The first-order valence-electron chi connectivity index (χ1n) is 5.15. The summed E-state index contributed by atoms with van der Waals surface area (Å²) in [4.78, 5) is 0. The summed E-state index contributed by atoms with van der Waals surface area (Å²) in [6.07, 6.45) is 1.67. The Kier molecular flexibility index (Phi) is 3.71. The SMILES string of the molecule is CCC(CN)C1(O)CCOCC1C. The van der Waals surface area contributed by atoms with Crippen LogP contribution in [0.15, 0.2) is 0 Å². The summed E-state index contributed by atoms with van der Waals surface area (Å²) in [6.45, 7) is 6.01. The summed E-state index contributed by atoms with van der Waals surface area (Å²) in [5, 5.41) is 10.4. The van der Waals surface area contributed by atoms with Crippen molar-refractivity contribution in [3.8, 4) is 0 Å². The van der Waals surface area contributed by atoms with E-state index in [1.807, 2.05) is 6.92 Å². The van der Waals surface area contributed by atoms with Crippen LogP contribution in [-0.4, -0.2) is 30.5 Å². The number of aliphatic hydroxyl groups is 1. The molecule has 1 aliphatic heterocycles. The number of hydrogen-bond acceptors (Lipinski definition) is 3. The summed E-state index contributed by atoms with van der Waals surface area (Å²) in [6, 6.07) is 0. The molecule has 0 bridgehead atoms. The van der Waals surface area contributed by atoms with Gasteiger partial charge in [0.25, 0.3) is 0 Å². The Labute approximate surface area is 80.3 Å². The van der Waals surface area contributed by atoms with Gasteiger partial charge in [-0.3, -0.25) is 0 Å². The molecule has 0 radical (unpaired) electrons. The Bertz CT molecular complexity index is 159. The van der Waals surface area contributed by atoms with Crippen LogP contribution in [0.1, 0.15) is 26.7 Å². The van der Waals surface area contributed by atoms with Crippen molar-refractivity contribution in [2.24, 2.45) is 17.6 Å². The zero-order valence-corrected chi connectivity index (χ0v) is 8.62. The molecule has 1 rings (SSSR count). The molecule has 3 N–H and O–H groups in total. The van der Waals surface area contributed by atoms with Gasteiger partial charge in [0.2, 0.25) is 0 Å². The van der Waals surface area contributed by atoms with Crippen LogP contribution in [0.4, 0.5) is 0 Å². The molecule has 1 aliphatic rings. The Morgan fingerprint density at radius 2 is 2.38 bits per heavy atom. The molecule has 3 atom stereocenters. The number of ether oxygens (including phenoxy) is 1. The maximum atomic E-state index is 10.4. The quantitative estimate of drug-likeness (QED) is 0.686. The molecule has 0 aromatic rings. The minimum atomic E-state index is -0.595. The highest BCUT2D eigenvalue weighted by atomic mass is 16.5. The lowest BCUT2D eigenvalue weighted by atomic mass is 9.73. The highest BCUT2D eigenvalue weighted by Gasteiger charge is 2.41. The van der Waals surface area contributed by atoms with Gasteiger partial charge in [-0.15, -0.1) is 0 Å². The lowest BCUT2D eigenvalue weighted by Gasteiger charge is -2.43. The van der Waals surface area contributed by atoms with Crippen LogP contribution in [0.2, 0.25) is 0 Å². The van der Waals surface area contributed by atoms with Crippen LogP contribution >= 0.6 is 0 Å². The van der Waals surface area contributed by atoms with E-state index in [0.29, 0.717) is 19.8 Å². The van der Waals surface area contributed by atoms with Gasteiger partial charge in [-0.2, -0.15) is 0 Å². The van der Waals surface area contributed by atoms with Crippen molar-refractivity contribution >= 4 is 0 Å². The van der Waals surface area contributed by atoms with Gasteiger partial charge < -0.3 is 15.6 Å². The van der Waals surface area contributed by atoms with Gasteiger partial charge in [-0.1, -0.05) is 13.8 Å². The van der Waals surface area contributed by atoms with E-state index < -0.39 is 5.60 Å². The van der Waals surface area contributed by atoms with Crippen LogP contribution in [0.3, 0.4) is 0 Å². The predicted molar refractivity (Wildman–Crippen MR) is 52.4 cm³/mol. The van der Waals surface area contributed by atoms with Gasteiger partial charge in [-0.05, 0) is 13.0 Å². The minimum Gasteiger partial charge on any atom is -0.389 e. The summed E-state index contributed by atoms with van der Waals surface area (Å²) in [5.74, 6) is 0.418. The largest absolute Gasteiger partial charge is 0.389 e. The van der Waals surface area contributed by atoms with Gasteiger partial charge >= 0.3 is 0 Å².